The number of amides is 1. The van der Waals surface area contributed by atoms with Gasteiger partial charge in [0.05, 0.1) is 17.1 Å². The summed E-state index contributed by atoms with van der Waals surface area (Å²) in [5.41, 5.74) is 1.74. The number of aromatic nitrogens is 2. The number of nitrogens with zero attached hydrogens (tertiary/aromatic N) is 2. The van der Waals surface area contributed by atoms with Crippen LogP contribution in [-0.2, 0) is 21.9 Å². The number of thiophene rings is 1. The first kappa shape index (κ1) is 23.9. The fraction of sp³-hybridized carbons (Fsp3) is 0.130. The first-order valence-electron chi connectivity index (χ1n) is 10.2. The summed E-state index contributed by atoms with van der Waals surface area (Å²) in [5.74, 6) is -0.210. The molecule has 0 unspecified atom stereocenters. The van der Waals surface area contributed by atoms with Gasteiger partial charge in [0.2, 0.25) is 5.91 Å². The van der Waals surface area contributed by atoms with Gasteiger partial charge in [0.15, 0.2) is 0 Å². The van der Waals surface area contributed by atoms with Crippen LogP contribution in [0, 0.1) is 6.92 Å². The van der Waals surface area contributed by atoms with E-state index < -0.39 is 10.0 Å². The Morgan fingerprint density at radius 1 is 1.03 bits per heavy atom. The van der Waals surface area contributed by atoms with Crippen LogP contribution in [0.1, 0.15) is 5.69 Å². The van der Waals surface area contributed by atoms with Crippen LogP contribution in [-0.4, -0.2) is 29.4 Å². The number of thioether (sulfide) groups is 1. The third-order valence-corrected chi connectivity index (χ3v) is 8.85. The molecule has 4 aromatic rings. The average Bonchev–Trinajstić information content (AvgIpc) is 3.44. The summed E-state index contributed by atoms with van der Waals surface area (Å²) in [6.45, 7) is 1.78. The zero-order chi connectivity index (χ0) is 24.3. The number of para-hydroxylation sites is 1. The van der Waals surface area contributed by atoms with Crippen LogP contribution in [0.2, 0.25) is 0 Å². The lowest BCUT2D eigenvalue weighted by atomic mass is 10.3. The molecule has 2 N–H and O–H groups in total. The van der Waals surface area contributed by atoms with E-state index >= 15 is 0 Å². The molecule has 0 aliphatic carbocycles. The van der Waals surface area contributed by atoms with Crippen LogP contribution in [0.25, 0.3) is 5.69 Å². The standard InChI is InChI=1S/C23H22N4O4S3/c1-16-22(23(29)27(26(16)2)18-7-4-3-5-8-18)24-20(28)15-33-19-12-10-17(11-13-19)25-34(30,31)21-9-6-14-32-21/h3-14,25H,15H2,1-2H3,(H,24,28). The van der Waals surface area contributed by atoms with E-state index in [1.165, 1.54) is 16.4 Å². The van der Waals surface area contributed by atoms with Crippen LogP contribution >= 0.6 is 23.1 Å². The van der Waals surface area contributed by atoms with Gasteiger partial charge in [0.1, 0.15) is 9.90 Å². The lowest BCUT2D eigenvalue weighted by Crippen LogP contribution is -2.23. The van der Waals surface area contributed by atoms with E-state index in [1.807, 2.05) is 30.3 Å². The highest BCUT2D eigenvalue weighted by atomic mass is 32.2. The van der Waals surface area contributed by atoms with Gasteiger partial charge in [-0.15, -0.1) is 23.1 Å². The molecule has 4 rings (SSSR count). The van der Waals surface area contributed by atoms with E-state index in [2.05, 4.69) is 10.0 Å². The van der Waals surface area contributed by atoms with Gasteiger partial charge < -0.3 is 5.32 Å². The van der Waals surface area contributed by atoms with E-state index in [0.717, 1.165) is 16.2 Å². The molecule has 8 nitrogen and oxygen atoms in total. The molecule has 0 aliphatic rings. The largest absolute Gasteiger partial charge is 0.319 e. The van der Waals surface area contributed by atoms with Crippen molar-refractivity contribution in [3.05, 3.63) is 88.2 Å². The van der Waals surface area contributed by atoms with Gasteiger partial charge in [-0.2, -0.15) is 0 Å². The molecule has 1 amide bonds. The Labute approximate surface area is 205 Å². The molecule has 0 atom stereocenters. The minimum absolute atomic E-state index is 0.0966. The number of hydrogen-bond acceptors (Lipinski definition) is 6. The number of benzene rings is 2. The number of anilines is 2. The second kappa shape index (κ2) is 9.92. The van der Waals surface area contributed by atoms with Crippen molar-refractivity contribution in [1.29, 1.82) is 0 Å². The zero-order valence-electron chi connectivity index (χ0n) is 18.4. The van der Waals surface area contributed by atoms with Gasteiger partial charge in [-0.3, -0.25) is 19.0 Å². The molecule has 0 bridgehead atoms. The molecule has 0 saturated heterocycles. The maximum Gasteiger partial charge on any atom is 0.295 e. The maximum absolute atomic E-state index is 12.9. The van der Waals surface area contributed by atoms with Gasteiger partial charge in [0, 0.05) is 17.6 Å². The molecule has 0 fully saturated rings. The number of carbonyl (C=O) groups excluding carboxylic acids is 1. The summed E-state index contributed by atoms with van der Waals surface area (Å²) in [5, 5.41) is 4.44. The SMILES string of the molecule is Cc1c(NC(=O)CSc2ccc(NS(=O)(=O)c3cccs3)cc2)c(=O)n(-c2ccccc2)n1C. The minimum Gasteiger partial charge on any atom is -0.319 e. The number of rotatable bonds is 8. The summed E-state index contributed by atoms with van der Waals surface area (Å²) in [6.07, 6.45) is 0. The molecule has 34 heavy (non-hydrogen) atoms. The molecule has 2 aromatic carbocycles. The van der Waals surface area contributed by atoms with Crippen molar-refractivity contribution in [2.24, 2.45) is 7.05 Å². The number of nitrogens with one attached hydrogen (secondary N) is 2. The summed E-state index contributed by atoms with van der Waals surface area (Å²) < 4.78 is 30.6. The van der Waals surface area contributed by atoms with Gasteiger partial charge in [-0.25, -0.2) is 13.1 Å². The van der Waals surface area contributed by atoms with Gasteiger partial charge in [-0.1, -0.05) is 24.3 Å². The molecule has 2 aromatic heterocycles. The highest BCUT2D eigenvalue weighted by Gasteiger charge is 2.18. The quantitative estimate of drug-likeness (QED) is 0.345. The van der Waals surface area contributed by atoms with E-state index in [4.69, 9.17) is 0 Å². The predicted molar refractivity (Wildman–Crippen MR) is 137 cm³/mol. The van der Waals surface area contributed by atoms with E-state index in [0.29, 0.717) is 17.1 Å². The van der Waals surface area contributed by atoms with Gasteiger partial charge in [-0.05, 0) is 54.8 Å². The fourth-order valence-electron chi connectivity index (χ4n) is 3.28. The second-order valence-corrected chi connectivity index (χ2v) is 11.2. The van der Waals surface area contributed by atoms with Crippen LogP contribution < -0.4 is 15.6 Å². The Morgan fingerprint density at radius 2 is 1.74 bits per heavy atom. The van der Waals surface area contributed by atoms with Crippen LogP contribution in [0.3, 0.4) is 0 Å². The van der Waals surface area contributed by atoms with Crippen LogP contribution in [0.5, 0.6) is 0 Å². The van der Waals surface area contributed by atoms with Crippen molar-refractivity contribution in [3.8, 4) is 5.69 Å². The molecule has 0 spiro atoms. The summed E-state index contributed by atoms with van der Waals surface area (Å²) in [4.78, 5) is 26.3. The average molecular weight is 515 g/mol. The Hall–Kier alpha value is -3.28. The third-order valence-electron chi connectivity index (χ3n) is 5.06. The van der Waals surface area contributed by atoms with E-state index in [9.17, 15) is 18.0 Å². The Morgan fingerprint density at radius 3 is 2.38 bits per heavy atom. The molecular weight excluding hydrogens is 492 g/mol. The molecule has 0 aliphatic heterocycles. The van der Waals surface area contributed by atoms with Crippen molar-refractivity contribution in [3.63, 3.8) is 0 Å². The summed E-state index contributed by atoms with van der Waals surface area (Å²) in [6, 6.07) is 19.2. The Kier molecular flexibility index (Phi) is 6.96. The fourth-order valence-corrected chi connectivity index (χ4v) is 6.03. The lowest BCUT2D eigenvalue weighted by Gasteiger charge is -2.08. The third kappa shape index (κ3) is 5.11. The van der Waals surface area contributed by atoms with Gasteiger partial charge >= 0.3 is 0 Å². The molecule has 11 heteroatoms. The number of carbonyl (C=O) groups is 1. The van der Waals surface area contributed by atoms with Crippen LogP contribution in [0.15, 0.2) is 86.0 Å². The number of hydrogen-bond donors (Lipinski definition) is 2. The lowest BCUT2D eigenvalue weighted by molar-refractivity contribution is -0.113. The number of sulfonamides is 1. The first-order chi connectivity index (χ1) is 16.3. The van der Waals surface area contributed by atoms with Crippen molar-refractivity contribution in [2.45, 2.75) is 16.0 Å². The molecule has 0 radical (unpaired) electrons. The molecule has 0 saturated carbocycles. The molecule has 2 heterocycles. The minimum atomic E-state index is -3.61. The molecule has 176 valence electrons. The van der Waals surface area contributed by atoms with Crippen molar-refractivity contribution >= 4 is 50.4 Å². The normalized spacial score (nSPS) is 11.4. The van der Waals surface area contributed by atoms with Crippen molar-refractivity contribution in [1.82, 2.24) is 9.36 Å². The molecular formula is C23H22N4O4S3. The maximum atomic E-state index is 12.9. The van der Waals surface area contributed by atoms with Gasteiger partial charge in [0.25, 0.3) is 15.6 Å². The van der Waals surface area contributed by atoms with Crippen LogP contribution in [0.4, 0.5) is 11.4 Å². The smallest absolute Gasteiger partial charge is 0.295 e. The van der Waals surface area contributed by atoms with Crippen molar-refractivity contribution in [2.75, 3.05) is 15.8 Å². The first-order valence-corrected chi connectivity index (χ1v) is 13.5. The Bertz CT molecular complexity index is 1460. The zero-order valence-corrected chi connectivity index (χ0v) is 20.8. The van der Waals surface area contributed by atoms with E-state index in [-0.39, 0.29) is 27.1 Å². The second-order valence-electron chi connectivity index (χ2n) is 7.34. The summed E-state index contributed by atoms with van der Waals surface area (Å²) >= 11 is 2.43. The topological polar surface area (TPSA) is 102 Å². The predicted octanol–water partition coefficient (Wildman–Crippen LogP) is 4.08. The highest BCUT2D eigenvalue weighted by molar-refractivity contribution is 8.00. The summed E-state index contributed by atoms with van der Waals surface area (Å²) in [7, 11) is -1.84. The monoisotopic (exact) mass is 514 g/mol. The van der Waals surface area contributed by atoms with E-state index in [1.54, 1.807) is 60.4 Å². The Balaban J connectivity index is 1.39. The highest BCUT2D eigenvalue weighted by Crippen LogP contribution is 2.24. The van der Waals surface area contributed by atoms with Crippen molar-refractivity contribution < 1.29 is 13.2 Å².